The fourth-order valence-corrected chi connectivity index (χ4v) is 7.99. The summed E-state index contributed by atoms with van der Waals surface area (Å²) in [6.45, 7) is 0. The molecule has 0 saturated heterocycles. The van der Waals surface area contributed by atoms with E-state index in [2.05, 4.69) is 158 Å². The summed E-state index contributed by atoms with van der Waals surface area (Å²) in [6.07, 6.45) is 0. The molecule has 11 aromatic rings. The monoisotopic (exact) mass is 701 g/mol. The van der Waals surface area contributed by atoms with Crippen LogP contribution < -0.4 is 0 Å². The molecule has 4 heteroatoms. The normalized spacial score (nSPS) is 11.6. The van der Waals surface area contributed by atoms with Gasteiger partial charge in [-0.25, -0.2) is 15.0 Å². The molecule has 0 atom stereocenters. The van der Waals surface area contributed by atoms with Gasteiger partial charge in [-0.15, -0.1) is 0 Å². The SMILES string of the molecule is c1ccc(-c2nc(-c3ccc(-c4ccc5ccccc5c4)cc3)nc(-c3cc4oc5ccc(-c6cccc7ccccc67)cc5c4c4ccccc34)n2)cc1. The maximum atomic E-state index is 6.64. The van der Waals surface area contributed by atoms with E-state index in [1.54, 1.807) is 0 Å². The molecule has 4 nitrogen and oxygen atoms in total. The molecular weight excluding hydrogens is 671 g/mol. The standard InChI is InChI=1S/C51H31N3O/c1-2-13-35(14-3-1)49-52-50(36-24-21-33(22-25-36)38-26-23-32-11-4-5-15-37(32)29-38)54-51(53-49)44-31-47-48(43-19-9-8-18-42(43)44)45-30-39(27-28-46(45)55-47)41-20-10-16-34-12-6-7-17-40(34)41/h1-31H. The first-order chi connectivity index (χ1) is 27.2. The van der Waals surface area contributed by atoms with Crippen LogP contribution in [0.15, 0.2) is 192 Å². The van der Waals surface area contributed by atoms with Gasteiger partial charge in [-0.2, -0.15) is 0 Å². The third-order valence-electron chi connectivity index (χ3n) is 10.7. The number of rotatable bonds is 5. The molecule has 0 N–H and O–H groups in total. The van der Waals surface area contributed by atoms with Gasteiger partial charge in [0.15, 0.2) is 17.5 Å². The Balaban J connectivity index is 1.07. The molecule has 0 amide bonds. The summed E-state index contributed by atoms with van der Waals surface area (Å²) in [5, 5.41) is 9.20. The van der Waals surface area contributed by atoms with E-state index in [4.69, 9.17) is 19.4 Å². The highest BCUT2D eigenvalue weighted by Gasteiger charge is 2.20. The molecule has 0 aliphatic heterocycles. The number of hydrogen-bond donors (Lipinski definition) is 0. The zero-order valence-electron chi connectivity index (χ0n) is 29.6. The Kier molecular flexibility index (Phi) is 7.14. The van der Waals surface area contributed by atoms with Crippen LogP contribution in [0.1, 0.15) is 0 Å². The predicted octanol–water partition coefficient (Wildman–Crippen LogP) is 13.6. The largest absolute Gasteiger partial charge is 0.456 e. The third-order valence-corrected chi connectivity index (χ3v) is 10.7. The van der Waals surface area contributed by atoms with Crippen molar-refractivity contribution in [2.24, 2.45) is 0 Å². The average Bonchev–Trinajstić information content (AvgIpc) is 3.64. The van der Waals surface area contributed by atoms with E-state index in [0.29, 0.717) is 17.5 Å². The number of furan rings is 1. The Labute approximate surface area is 317 Å². The van der Waals surface area contributed by atoms with Crippen LogP contribution in [0.2, 0.25) is 0 Å². The summed E-state index contributed by atoms with van der Waals surface area (Å²) in [4.78, 5) is 15.3. The van der Waals surface area contributed by atoms with E-state index in [1.807, 2.05) is 30.3 Å². The number of benzene rings is 9. The van der Waals surface area contributed by atoms with Gasteiger partial charge >= 0.3 is 0 Å². The molecule has 0 radical (unpaired) electrons. The molecular formula is C51H31N3O. The van der Waals surface area contributed by atoms with Crippen molar-refractivity contribution in [1.29, 1.82) is 0 Å². The summed E-state index contributed by atoms with van der Waals surface area (Å²) in [6, 6.07) is 65.8. The van der Waals surface area contributed by atoms with Crippen LogP contribution in [-0.4, -0.2) is 15.0 Å². The summed E-state index contributed by atoms with van der Waals surface area (Å²) in [5.74, 6) is 1.83. The lowest BCUT2D eigenvalue weighted by Gasteiger charge is -2.11. The van der Waals surface area contributed by atoms with Crippen molar-refractivity contribution in [2.75, 3.05) is 0 Å². The molecule has 0 aliphatic rings. The van der Waals surface area contributed by atoms with E-state index in [9.17, 15) is 0 Å². The summed E-state index contributed by atoms with van der Waals surface area (Å²) in [5.41, 5.74) is 9.03. The lowest BCUT2D eigenvalue weighted by Crippen LogP contribution is -2.00. The van der Waals surface area contributed by atoms with E-state index < -0.39 is 0 Å². The first-order valence-corrected chi connectivity index (χ1v) is 18.5. The van der Waals surface area contributed by atoms with Crippen molar-refractivity contribution >= 4 is 54.3 Å². The van der Waals surface area contributed by atoms with Crippen molar-refractivity contribution in [3.8, 4) is 56.4 Å². The van der Waals surface area contributed by atoms with E-state index in [1.165, 1.54) is 32.7 Å². The number of nitrogens with zero attached hydrogens (tertiary/aromatic N) is 3. The Morgan fingerprint density at radius 3 is 1.71 bits per heavy atom. The van der Waals surface area contributed by atoms with Gasteiger partial charge in [-0.1, -0.05) is 164 Å². The van der Waals surface area contributed by atoms with E-state index >= 15 is 0 Å². The van der Waals surface area contributed by atoms with Gasteiger partial charge in [-0.3, -0.25) is 0 Å². The van der Waals surface area contributed by atoms with Gasteiger partial charge in [-0.05, 0) is 78.8 Å². The molecule has 0 bridgehead atoms. The van der Waals surface area contributed by atoms with Crippen molar-refractivity contribution in [2.45, 2.75) is 0 Å². The Morgan fingerprint density at radius 2 is 0.891 bits per heavy atom. The van der Waals surface area contributed by atoms with Gasteiger partial charge in [0.1, 0.15) is 11.2 Å². The molecule has 55 heavy (non-hydrogen) atoms. The van der Waals surface area contributed by atoms with Crippen LogP contribution in [-0.2, 0) is 0 Å². The second kappa shape index (κ2) is 12.6. The highest BCUT2D eigenvalue weighted by Crippen LogP contribution is 2.42. The van der Waals surface area contributed by atoms with Crippen LogP contribution in [0.4, 0.5) is 0 Å². The number of aromatic nitrogens is 3. The molecule has 0 fully saturated rings. The third kappa shape index (κ3) is 5.34. The average molecular weight is 702 g/mol. The minimum Gasteiger partial charge on any atom is -0.456 e. The van der Waals surface area contributed by atoms with Crippen molar-refractivity contribution in [1.82, 2.24) is 15.0 Å². The molecule has 256 valence electrons. The first-order valence-electron chi connectivity index (χ1n) is 18.5. The van der Waals surface area contributed by atoms with Gasteiger partial charge < -0.3 is 4.42 Å². The van der Waals surface area contributed by atoms with Crippen LogP contribution in [0.5, 0.6) is 0 Å². The van der Waals surface area contributed by atoms with Crippen molar-refractivity contribution in [3.05, 3.63) is 188 Å². The number of hydrogen-bond acceptors (Lipinski definition) is 4. The minimum atomic E-state index is 0.595. The fourth-order valence-electron chi connectivity index (χ4n) is 7.99. The van der Waals surface area contributed by atoms with Crippen LogP contribution >= 0.6 is 0 Å². The highest BCUT2D eigenvalue weighted by molar-refractivity contribution is 6.22. The van der Waals surface area contributed by atoms with Gasteiger partial charge in [0.25, 0.3) is 0 Å². The molecule has 2 heterocycles. The van der Waals surface area contributed by atoms with Crippen LogP contribution in [0.25, 0.3) is 111 Å². The van der Waals surface area contributed by atoms with E-state index in [-0.39, 0.29) is 0 Å². The summed E-state index contributed by atoms with van der Waals surface area (Å²) < 4.78 is 6.64. The molecule has 2 aromatic heterocycles. The minimum absolute atomic E-state index is 0.595. The second-order valence-corrected chi connectivity index (χ2v) is 14.0. The molecule has 0 saturated carbocycles. The summed E-state index contributed by atoms with van der Waals surface area (Å²) in [7, 11) is 0. The van der Waals surface area contributed by atoms with Crippen LogP contribution in [0, 0.1) is 0 Å². The molecule has 11 rings (SSSR count). The maximum absolute atomic E-state index is 6.64. The zero-order chi connectivity index (χ0) is 36.3. The number of fused-ring (bicyclic) bond motifs is 7. The van der Waals surface area contributed by atoms with Crippen LogP contribution in [0.3, 0.4) is 0 Å². The topological polar surface area (TPSA) is 51.8 Å². The summed E-state index contributed by atoms with van der Waals surface area (Å²) >= 11 is 0. The lowest BCUT2D eigenvalue weighted by atomic mass is 9.95. The smallest absolute Gasteiger partial charge is 0.164 e. The Bertz CT molecular complexity index is 3250. The molecule has 0 unspecified atom stereocenters. The van der Waals surface area contributed by atoms with Gasteiger partial charge in [0.05, 0.1) is 0 Å². The molecule has 9 aromatic carbocycles. The fraction of sp³-hybridized carbons (Fsp3) is 0. The van der Waals surface area contributed by atoms with Gasteiger partial charge in [0, 0.05) is 27.5 Å². The Hall–Kier alpha value is -7.43. The first kappa shape index (κ1) is 31.1. The second-order valence-electron chi connectivity index (χ2n) is 14.0. The molecule has 0 aliphatic carbocycles. The zero-order valence-corrected chi connectivity index (χ0v) is 29.6. The molecule has 0 spiro atoms. The predicted molar refractivity (Wildman–Crippen MR) is 227 cm³/mol. The Morgan fingerprint density at radius 1 is 0.291 bits per heavy atom. The van der Waals surface area contributed by atoms with E-state index in [0.717, 1.165) is 60.5 Å². The van der Waals surface area contributed by atoms with Crippen molar-refractivity contribution in [3.63, 3.8) is 0 Å². The quantitative estimate of drug-likeness (QED) is 0.179. The highest BCUT2D eigenvalue weighted by atomic mass is 16.3. The van der Waals surface area contributed by atoms with Gasteiger partial charge in [0.2, 0.25) is 0 Å². The maximum Gasteiger partial charge on any atom is 0.164 e. The van der Waals surface area contributed by atoms with Crippen molar-refractivity contribution < 1.29 is 4.42 Å². The lowest BCUT2D eigenvalue weighted by molar-refractivity contribution is 0.669.